The van der Waals surface area contributed by atoms with Gasteiger partial charge in [-0.15, -0.1) is 0 Å². The summed E-state index contributed by atoms with van der Waals surface area (Å²) in [6, 6.07) is 20.0. The fraction of sp³-hybridized carbons (Fsp3) is 0.375. The maximum absolute atomic E-state index is 14.2. The first-order chi connectivity index (χ1) is 19.5. The van der Waals surface area contributed by atoms with Crippen LogP contribution < -0.4 is 14.4 Å². The summed E-state index contributed by atoms with van der Waals surface area (Å²) in [6.07, 6.45) is 1.10. The Balaban J connectivity index is 2.09. The van der Waals surface area contributed by atoms with Crippen molar-refractivity contribution in [1.82, 2.24) is 10.2 Å². The van der Waals surface area contributed by atoms with Crippen molar-refractivity contribution >= 4 is 27.5 Å². The highest BCUT2D eigenvalue weighted by atomic mass is 32.2. The van der Waals surface area contributed by atoms with Crippen LogP contribution in [0.4, 0.5) is 5.69 Å². The Hall–Kier alpha value is -3.85. The number of benzene rings is 3. The van der Waals surface area contributed by atoms with Crippen LogP contribution in [0.25, 0.3) is 0 Å². The third-order valence-corrected chi connectivity index (χ3v) is 8.88. The molecule has 0 bridgehead atoms. The molecule has 0 aliphatic rings. The monoisotopic (exact) mass is 579 g/mol. The van der Waals surface area contributed by atoms with Gasteiger partial charge < -0.3 is 15.0 Å². The Morgan fingerprint density at radius 3 is 2.02 bits per heavy atom. The maximum Gasteiger partial charge on any atom is 0.264 e. The lowest BCUT2D eigenvalue weighted by Crippen LogP contribution is -2.53. The number of hydrogen-bond donors (Lipinski definition) is 1. The van der Waals surface area contributed by atoms with E-state index in [1.807, 2.05) is 58.9 Å². The number of nitrogens with zero attached hydrogens (tertiary/aromatic N) is 2. The molecule has 0 spiro atoms. The summed E-state index contributed by atoms with van der Waals surface area (Å²) in [5.74, 6) is -0.464. The summed E-state index contributed by atoms with van der Waals surface area (Å²) in [5.41, 5.74) is 3.05. The highest BCUT2D eigenvalue weighted by molar-refractivity contribution is 7.92. The first kappa shape index (κ1) is 31.7. The average Bonchev–Trinajstić information content (AvgIpc) is 2.96. The highest BCUT2D eigenvalue weighted by Gasteiger charge is 2.34. The zero-order chi connectivity index (χ0) is 30.2. The lowest BCUT2D eigenvalue weighted by Gasteiger charge is -2.34. The molecule has 0 saturated heterocycles. The molecule has 0 saturated carbocycles. The molecule has 0 aromatic heterocycles. The lowest BCUT2D eigenvalue weighted by atomic mass is 10.1. The van der Waals surface area contributed by atoms with Crippen molar-refractivity contribution in [2.75, 3.05) is 18.0 Å². The van der Waals surface area contributed by atoms with Gasteiger partial charge in [-0.1, -0.05) is 73.5 Å². The number of carbonyl (C=O) groups excluding carboxylic acids is 2. The Labute approximate surface area is 244 Å². The smallest absolute Gasteiger partial charge is 0.264 e. The minimum atomic E-state index is -4.18. The van der Waals surface area contributed by atoms with E-state index in [1.54, 1.807) is 36.4 Å². The molecule has 0 fully saturated rings. The quantitative estimate of drug-likeness (QED) is 0.299. The van der Waals surface area contributed by atoms with Gasteiger partial charge in [0.15, 0.2) is 0 Å². The molecule has 0 aliphatic carbocycles. The van der Waals surface area contributed by atoms with Crippen LogP contribution >= 0.6 is 0 Å². The van der Waals surface area contributed by atoms with Gasteiger partial charge in [0.1, 0.15) is 18.3 Å². The van der Waals surface area contributed by atoms with Crippen LogP contribution in [0.5, 0.6) is 5.75 Å². The molecule has 2 atom stereocenters. The Morgan fingerprint density at radius 1 is 0.878 bits per heavy atom. The third kappa shape index (κ3) is 7.88. The molecule has 41 heavy (non-hydrogen) atoms. The Bertz CT molecular complexity index is 1420. The minimum Gasteiger partial charge on any atom is -0.495 e. The van der Waals surface area contributed by atoms with Crippen LogP contribution in [-0.4, -0.2) is 50.9 Å². The third-order valence-electron chi connectivity index (χ3n) is 7.10. The SMILES string of the molecule is CCC(C)NC(=O)C(CC)N(Cc1ccc(C)cc1)C(=O)CN(c1ccccc1OC)S(=O)(=O)c1ccc(C)cc1. The normalized spacial score (nSPS) is 12.7. The predicted octanol–water partition coefficient (Wildman–Crippen LogP) is 5.23. The number of rotatable bonds is 13. The molecular formula is C32H41N3O5S. The van der Waals surface area contributed by atoms with Crippen molar-refractivity contribution in [3.05, 3.63) is 89.5 Å². The number of methoxy groups -OCH3 is 1. The van der Waals surface area contributed by atoms with Gasteiger partial charge >= 0.3 is 0 Å². The fourth-order valence-electron chi connectivity index (χ4n) is 4.44. The second-order valence-corrected chi connectivity index (χ2v) is 12.1. The van der Waals surface area contributed by atoms with Crippen LogP contribution in [0.15, 0.2) is 77.7 Å². The molecule has 0 aliphatic heterocycles. The minimum absolute atomic E-state index is 0.0495. The molecule has 9 heteroatoms. The van der Waals surface area contributed by atoms with Gasteiger partial charge in [-0.25, -0.2) is 8.42 Å². The summed E-state index contributed by atoms with van der Waals surface area (Å²) in [6.45, 7) is 9.21. The number of anilines is 1. The van der Waals surface area contributed by atoms with Crippen LogP contribution in [0.3, 0.4) is 0 Å². The van der Waals surface area contributed by atoms with Crippen LogP contribution in [0.2, 0.25) is 0 Å². The van der Waals surface area contributed by atoms with Gasteiger partial charge in [-0.05, 0) is 63.4 Å². The number of carbonyl (C=O) groups is 2. The van der Waals surface area contributed by atoms with Gasteiger partial charge in [-0.3, -0.25) is 13.9 Å². The average molecular weight is 580 g/mol. The summed E-state index contributed by atoms with van der Waals surface area (Å²) in [7, 11) is -2.73. The molecule has 220 valence electrons. The van der Waals surface area contributed by atoms with Gasteiger partial charge in [0, 0.05) is 12.6 Å². The van der Waals surface area contributed by atoms with Crippen molar-refractivity contribution in [3.8, 4) is 5.75 Å². The Kier molecular flexibility index (Phi) is 10.9. The number of para-hydroxylation sites is 2. The maximum atomic E-state index is 14.2. The standard InChI is InChI=1S/C32H41N3O5S/c1-7-25(5)33-32(37)28(8-2)34(21-26-17-13-23(3)14-18-26)31(36)22-35(29-11-9-10-12-30(29)40-6)41(38,39)27-19-15-24(4)16-20-27/h9-20,25,28H,7-8,21-22H2,1-6H3,(H,33,37). The molecule has 0 radical (unpaired) electrons. The van der Waals surface area contributed by atoms with E-state index >= 15 is 0 Å². The van der Waals surface area contributed by atoms with E-state index in [1.165, 1.54) is 24.1 Å². The summed E-state index contributed by atoms with van der Waals surface area (Å²) in [5, 5.41) is 2.99. The second kappa shape index (κ2) is 14.2. The number of ether oxygens (including phenoxy) is 1. The number of sulfonamides is 1. The molecule has 3 aromatic rings. The zero-order valence-corrected chi connectivity index (χ0v) is 25.6. The lowest BCUT2D eigenvalue weighted by molar-refractivity contribution is -0.140. The van der Waals surface area contributed by atoms with Crippen LogP contribution in [0.1, 0.15) is 50.3 Å². The molecular weight excluding hydrogens is 538 g/mol. The van der Waals surface area contributed by atoms with Gasteiger partial charge in [-0.2, -0.15) is 0 Å². The first-order valence-corrected chi connectivity index (χ1v) is 15.3. The fourth-order valence-corrected chi connectivity index (χ4v) is 5.86. The summed E-state index contributed by atoms with van der Waals surface area (Å²) < 4.78 is 34.7. The van der Waals surface area contributed by atoms with Crippen molar-refractivity contribution in [1.29, 1.82) is 0 Å². The van der Waals surface area contributed by atoms with E-state index in [-0.39, 0.29) is 29.1 Å². The molecule has 3 rings (SSSR count). The molecule has 8 nitrogen and oxygen atoms in total. The van der Waals surface area contributed by atoms with E-state index in [0.717, 1.165) is 27.4 Å². The van der Waals surface area contributed by atoms with E-state index in [9.17, 15) is 18.0 Å². The predicted molar refractivity (Wildman–Crippen MR) is 162 cm³/mol. The molecule has 3 aromatic carbocycles. The van der Waals surface area contributed by atoms with Gasteiger partial charge in [0.05, 0.1) is 17.7 Å². The van der Waals surface area contributed by atoms with Gasteiger partial charge in [0.25, 0.3) is 10.0 Å². The Morgan fingerprint density at radius 2 is 1.46 bits per heavy atom. The summed E-state index contributed by atoms with van der Waals surface area (Å²) >= 11 is 0. The second-order valence-electron chi connectivity index (χ2n) is 10.2. The topological polar surface area (TPSA) is 96.0 Å². The van der Waals surface area contributed by atoms with Crippen molar-refractivity contribution in [2.24, 2.45) is 0 Å². The first-order valence-electron chi connectivity index (χ1n) is 13.9. The van der Waals surface area contributed by atoms with E-state index in [4.69, 9.17) is 4.74 Å². The van der Waals surface area contributed by atoms with E-state index in [2.05, 4.69) is 5.32 Å². The number of nitrogens with one attached hydrogen (secondary N) is 1. The molecule has 2 unspecified atom stereocenters. The molecule has 0 heterocycles. The molecule has 1 N–H and O–H groups in total. The van der Waals surface area contributed by atoms with Crippen LogP contribution in [0, 0.1) is 13.8 Å². The molecule has 2 amide bonds. The van der Waals surface area contributed by atoms with Crippen LogP contribution in [-0.2, 0) is 26.2 Å². The van der Waals surface area contributed by atoms with Gasteiger partial charge in [0.2, 0.25) is 11.8 Å². The van der Waals surface area contributed by atoms with E-state index in [0.29, 0.717) is 12.2 Å². The largest absolute Gasteiger partial charge is 0.495 e. The number of hydrogen-bond acceptors (Lipinski definition) is 5. The van der Waals surface area contributed by atoms with E-state index < -0.39 is 28.5 Å². The van der Waals surface area contributed by atoms with Crippen molar-refractivity contribution < 1.29 is 22.7 Å². The number of amides is 2. The van der Waals surface area contributed by atoms with Crippen molar-refractivity contribution in [2.45, 2.75) is 71.0 Å². The zero-order valence-electron chi connectivity index (χ0n) is 24.8. The highest BCUT2D eigenvalue weighted by Crippen LogP contribution is 2.32. The summed E-state index contributed by atoms with van der Waals surface area (Å²) in [4.78, 5) is 29.1. The van der Waals surface area contributed by atoms with Crippen molar-refractivity contribution in [3.63, 3.8) is 0 Å². The number of aryl methyl sites for hydroxylation is 2.